The van der Waals surface area contributed by atoms with E-state index in [1.165, 1.54) is 11.8 Å². The van der Waals surface area contributed by atoms with Crippen LogP contribution < -0.4 is 5.32 Å². The molecule has 1 amide bonds. The van der Waals surface area contributed by atoms with E-state index in [0.717, 1.165) is 0 Å². The Labute approximate surface area is 141 Å². The molecule has 7 nitrogen and oxygen atoms in total. The Hall–Kier alpha value is -1.09. The van der Waals surface area contributed by atoms with Crippen molar-refractivity contribution in [2.24, 2.45) is 13.0 Å². The fourth-order valence-electron chi connectivity index (χ4n) is 2.40. The second kappa shape index (κ2) is 7.21. The maximum Gasteiger partial charge on any atom is 0.230 e. The summed E-state index contributed by atoms with van der Waals surface area (Å²) in [7, 11) is -1.13. The van der Waals surface area contributed by atoms with Gasteiger partial charge in [-0.25, -0.2) is 8.42 Å². The Bertz CT molecular complexity index is 670. The number of rotatable bonds is 6. The number of aromatic nitrogens is 3. The smallest absolute Gasteiger partial charge is 0.230 e. The summed E-state index contributed by atoms with van der Waals surface area (Å²) >= 11 is 1.32. The number of sulfone groups is 1. The number of carbonyl (C=O) groups is 1. The van der Waals surface area contributed by atoms with Crippen molar-refractivity contribution in [3.05, 3.63) is 5.82 Å². The Morgan fingerprint density at radius 3 is 2.65 bits per heavy atom. The van der Waals surface area contributed by atoms with Gasteiger partial charge >= 0.3 is 0 Å². The Balaban J connectivity index is 1.94. The van der Waals surface area contributed by atoms with Gasteiger partial charge in [-0.3, -0.25) is 4.79 Å². The lowest BCUT2D eigenvalue weighted by Gasteiger charge is -2.17. The first-order chi connectivity index (χ1) is 10.7. The lowest BCUT2D eigenvalue weighted by atomic mass is 10.1. The number of nitrogens with one attached hydrogen (secondary N) is 1. The molecule has 0 saturated carbocycles. The summed E-state index contributed by atoms with van der Waals surface area (Å²) in [6.45, 7) is 6.10. The first-order valence-corrected chi connectivity index (χ1v) is 10.5. The molecule has 0 unspecified atom stereocenters. The van der Waals surface area contributed by atoms with Gasteiger partial charge in [-0.2, -0.15) is 0 Å². The van der Waals surface area contributed by atoms with Gasteiger partial charge in [-0.15, -0.1) is 10.2 Å². The average molecular weight is 361 g/mol. The van der Waals surface area contributed by atoms with E-state index in [2.05, 4.69) is 29.4 Å². The predicted molar refractivity (Wildman–Crippen MR) is 90.2 cm³/mol. The molecular formula is C14H24N4O3S2. The number of hydrogen-bond donors (Lipinski definition) is 1. The van der Waals surface area contributed by atoms with Crippen molar-refractivity contribution in [1.82, 2.24) is 20.1 Å². The fourth-order valence-corrected chi connectivity index (χ4v) is 4.87. The highest BCUT2D eigenvalue weighted by molar-refractivity contribution is 7.99. The second-order valence-corrected chi connectivity index (χ2v) is 9.56. The van der Waals surface area contributed by atoms with Gasteiger partial charge < -0.3 is 9.88 Å². The number of carbonyl (C=O) groups excluding carboxylic acids is 1. The van der Waals surface area contributed by atoms with Crippen molar-refractivity contribution in [3.8, 4) is 0 Å². The molecule has 1 aromatic rings. The average Bonchev–Trinajstić information content (AvgIpc) is 2.99. The van der Waals surface area contributed by atoms with Gasteiger partial charge in [0.25, 0.3) is 0 Å². The van der Waals surface area contributed by atoms with Crippen LogP contribution in [0.25, 0.3) is 0 Å². The molecule has 2 rings (SSSR count). The minimum Gasteiger partial charge on any atom is -0.353 e. The minimum atomic E-state index is -2.95. The van der Waals surface area contributed by atoms with Crippen LogP contribution in [0.5, 0.6) is 0 Å². The first-order valence-electron chi connectivity index (χ1n) is 7.71. The summed E-state index contributed by atoms with van der Waals surface area (Å²) in [6.07, 6.45) is 0.589. The Morgan fingerprint density at radius 2 is 2.09 bits per heavy atom. The monoisotopic (exact) mass is 360 g/mol. The molecule has 0 radical (unpaired) electrons. The molecule has 130 valence electrons. The number of nitrogens with zero attached hydrogens (tertiary/aromatic N) is 3. The van der Waals surface area contributed by atoms with Crippen molar-refractivity contribution in [3.63, 3.8) is 0 Å². The molecule has 0 aliphatic carbocycles. The Kier molecular flexibility index (Phi) is 5.72. The maximum atomic E-state index is 11.9. The zero-order valence-electron chi connectivity index (χ0n) is 13.9. The maximum absolute atomic E-state index is 11.9. The molecule has 0 aromatic carbocycles. The number of hydrogen-bond acceptors (Lipinski definition) is 6. The molecule has 1 saturated heterocycles. The van der Waals surface area contributed by atoms with Gasteiger partial charge in [0.1, 0.15) is 5.82 Å². The molecule has 1 aliphatic rings. The third-order valence-corrected chi connectivity index (χ3v) is 6.98. The SMILES string of the molecule is CC(C)[C@H](C)NC(=O)CSc1nnc([C@@H]2CCS(=O)(=O)C2)n1C. The molecule has 9 heteroatoms. The van der Waals surface area contributed by atoms with Crippen molar-refractivity contribution in [1.29, 1.82) is 0 Å². The standard InChI is InChI=1S/C14H24N4O3S2/c1-9(2)10(3)15-12(19)7-22-14-17-16-13(18(14)4)11-5-6-23(20,21)8-11/h9-11H,5-8H2,1-4H3,(H,15,19)/t10-,11+/m0/s1. The molecule has 0 bridgehead atoms. The molecule has 1 N–H and O–H groups in total. The van der Waals surface area contributed by atoms with Gasteiger partial charge in [-0.1, -0.05) is 25.6 Å². The highest BCUT2D eigenvalue weighted by Gasteiger charge is 2.32. The van der Waals surface area contributed by atoms with Crippen molar-refractivity contribution in [2.75, 3.05) is 17.3 Å². The third-order valence-electron chi connectivity index (χ3n) is 4.19. The zero-order valence-corrected chi connectivity index (χ0v) is 15.6. The highest BCUT2D eigenvalue weighted by atomic mass is 32.2. The number of amides is 1. The lowest BCUT2D eigenvalue weighted by Crippen LogP contribution is -2.37. The summed E-state index contributed by atoms with van der Waals surface area (Å²) in [4.78, 5) is 11.9. The van der Waals surface area contributed by atoms with Crippen molar-refractivity contribution < 1.29 is 13.2 Å². The molecule has 1 aliphatic heterocycles. The quantitative estimate of drug-likeness (QED) is 0.760. The topological polar surface area (TPSA) is 94.0 Å². The van der Waals surface area contributed by atoms with Crippen LogP contribution in [-0.4, -0.2) is 52.4 Å². The van der Waals surface area contributed by atoms with Crippen LogP contribution in [0.3, 0.4) is 0 Å². The summed E-state index contributed by atoms with van der Waals surface area (Å²) in [5, 5.41) is 11.8. The van der Waals surface area contributed by atoms with E-state index in [4.69, 9.17) is 0 Å². The summed E-state index contributed by atoms with van der Waals surface area (Å²) in [6, 6.07) is 0.127. The van der Waals surface area contributed by atoms with Crippen LogP contribution in [0.4, 0.5) is 0 Å². The van der Waals surface area contributed by atoms with E-state index in [-0.39, 0.29) is 35.1 Å². The van der Waals surface area contributed by atoms with Crippen molar-refractivity contribution >= 4 is 27.5 Å². The lowest BCUT2D eigenvalue weighted by molar-refractivity contribution is -0.119. The van der Waals surface area contributed by atoms with E-state index in [0.29, 0.717) is 23.3 Å². The van der Waals surface area contributed by atoms with E-state index >= 15 is 0 Å². The van der Waals surface area contributed by atoms with E-state index in [9.17, 15) is 13.2 Å². The molecule has 1 aromatic heterocycles. The van der Waals surface area contributed by atoms with Crippen LogP contribution in [-0.2, 0) is 21.7 Å². The molecular weight excluding hydrogens is 336 g/mol. The van der Waals surface area contributed by atoms with Gasteiger partial charge in [0.2, 0.25) is 5.91 Å². The van der Waals surface area contributed by atoms with Crippen LogP contribution in [0.1, 0.15) is 38.9 Å². The Morgan fingerprint density at radius 1 is 1.39 bits per heavy atom. The van der Waals surface area contributed by atoms with E-state index < -0.39 is 9.84 Å². The molecule has 23 heavy (non-hydrogen) atoms. The predicted octanol–water partition coefficient (Wildman–Crippen LogP) is 0.970. The summed E-state index contributed by atoms with van der Waals surface area (Å²) in [5.41, 5.74) is 0. The second-order valence-electron chi connectivity index (χ2n) is 6.39. The molecule has 2 heterocycles. The largest absolute Gasteiger partial charge is 0.353 e. The fraction of sp³-hybridized carbons (Fsp3) is 0.786. The van der Waals surface area contributed by atoms with E-state index in [1.54, 1.807) is 4.57 Å². The van der Waals surface area contributed by atoms with Crippen LogP contribution in [0, 0.1) is 5.92 Å². The normalized spacial score (nSPS) is 21.5. The molecule has 0 spiro atoms. The van der Waals surface area contributed by atoms with Crippen LogP contribution >= 0.6 is 11.8 Å². The van der Waals surface area contributed by atoms with Crippen LogP contribution in [0.2, 0.25) is 0 Å². The van der Waals surface area contributed by atoms with Gasteiger partial charge in [0.15, 0.2) is 15.0 Å². The zero-order chi connectivity index (χ0) is 17.2. The van der Waals surface area contributed by atoms with Gasteiger partial charge in [0, 0.05) is 19.0 Å². The van der Waals surface area contributed by atoms with Gasteiger partial charge in [0.05, 0.1) is 17.3 Å². The molecule has 1 fully saturated rings. The summed E-state index contributed by atoms with van der Waals surface area (Å²) in [5.74, 6) is 1.55. The minimum absolute atomic E-state index is 0.0378. The third kappa shape index (κ3) is 4.69. The summed E-state index contributed by atoms with van der Waals surface area (Å²) < 4.78 is 25.0. The highest BCUT2D eigenvalue weighted by Crippen LogP contribution is 2.29. The van der Waals surface area contributed by atoms with Crippen LogP contribution in [0.15, 0.2) is 5.16 Å². The van der Waals surface area contributed by atoms with E-state index in [1.807, 2.05) is 14.0 Å². The molecule has 2 atom stereocenters. The van der Waals surface area contributed by atoms with Gasteiger partial charge in [-0.05, 0) is 19.3 Å². The number of thioether (sulfide) groups is 1. The first kappa shape index (κ1) is 18.3. The van der Waals surface area contributed by atoms with Crippen molar-refractivity contribution in [2.45, 2.75) is 44.3 Å².